The van der Waals surface area contributed by atoms with Crippen molar-refractivity contribution in [2.45, 2.75) is 57.3 Å². The van der Waals surface area contributed by atoms with Crippen molar-refractivity contribution in [2.24, 2.45) is 5.41 Å². The topological polar surface area (TPSA) is 77.2 Å². The zero-order chi connectivity index (χ0) is 21.8. The van der Waals surface area contributed by atoms with Gasteiger partial charge in [0.25, 0.3) is 5.91 Å². The second-order valence-corrected chi connectivity index (χ2v) is 9.18. The quantitative estimate of drug-likeness (QED) is 0.694. The molecule has 1 saturated carbocycles. The molecule has 2 aliphatic heterocycles. The number of halogens is 2. The van der Waals surface area contributed by atoms with Crippen LogP contribution in [0.1, 0.15) is 43.5 Å². The van der Waals surface area contributed by atoms with E-state index < -0.39 is 22.7 Å². The molecule has 0 unspecified atom stereocenters. The van der Waals surface area contributed by atoms with Crippen LogP contribution in [-0.2, 0) is 24.3 Å². The highest BCUT2D eigenvalue weighted by molar-refractivity contribution is 5.86. The van der Waals surface area contributed by atoms with E-state index in [1.54, 1.807) is 17.0 Å². The number of fused-ring (bicyclic) bond motifs is 1. The Morgan fingerprint density at radius 2 is 1.71 bits per heavy atom. The predicted octanol–water partition coefficient (Wildman–Crippen LogP) is 1.65. The lowest BCUT2D eigenvalue weighted by molar-refractivity contribution is -0.152. The molecule has 9 heteroatoms. The Kier molecular flexibility index (Phi) is 4.60. The number of hydrogen-bond acceptors (Lipinski definition) is 4. The largest absolute Gasteiger partial charge is 0.340 e. The number of aromatic nitrogens is 3. The first-order chi connectivity index (χ1) is 14.8. The molecule has 0 bridgehead atoms. The molecule has 7 nitrogen and oxygen atoms in total. The van der Waals surface area contributed by atoms with Crippen molar-refractivity contribution in [2.75, 3.05) is 13.1 Å². The molecule has 164 valence electrons. The first-order valence-electron chi connectivity index (χ1n) is 10.7. The number of nitrogens with zero attached hydrogens (tertiary/aromatic N) is 4. The molecule has 1 aromatic heterocycles. The summed E-state index contributed by atoms with van der Waals surface area (Å²) in [5, 5.41) is 4.43. The summed E-state index contributed by atoms with van der Waals surface area (Å²) in [6.45, 7) is 1.39. The van der Waals surface area contributed by atoms with Gasteiger partial charge in [-0.3, -0.25) is 19.0 Å². The Morgan fingerprint density at radius 3 is 2.32 bits per heavy atom. The maximum atomic E-state index is 14.5. The number of piperidine rings is 1. The molecule has 2 aromatic rings. The minimum atomic E-state index is -1.69. The van der Waals surface area contributed by atoms with Gasteiger partial charge in [-0.05, 0) is 55.2 Å². The summed E-state index contributed by atoms with van der Waals surface area (Å²) in [6.07, 6.45) is 3.18. The molecule has 1 amide bonds. The van der Waals surface area contributed by atoms with Gasteiger partial charge in [0.1, 0.15) is 11.6 Å². The van der Waals surface area contributed by atoms with E-state index in [0.29, 0.717) is 63.1 Å². The van der Waals surface area contributed by atoms with Crippen LogP contribution < -0.4 is 11.1 Å². The number of likely N-dealkylation sites (tertiary alicyclic amines) is 1. The van der Waals surface area contributed by atoms with Crippen LogP contribution in [0.4, 0.5) is 8.78 Å². The fraction of sp³-hybridized carbons (Fsp3) is 0.545. The van der Waals surface area contributed by atoms with Crippen molar-refractivity contribution in [3.05, 3.63) is 62.2 Å². The Balaban J connectivity index is 1.33. The van der Waals surface area contributed by atoms with Crippen molar-refractivity contribution >= 4 is 5.91 Å². The number of hydrogen-bond donors (Lipinski definition) is 0. The SMILES string of the molecule is O=C(N1CCC2(CC1)Cc1nn(Cc3ccc(F)cc3)c(=O)c(=O)n1C2)C1(F)CCC1. The van der Waals surface area contributed by atoms with E-state index in [2.05, 4.69) is 5.10 Å². The lowest BCUT2D eigenvalue weighted by Crippen LogP contribution is -2.54. The molecule has 5 rings (SSSR count). The summed E-state index contributed by atoms with van der Waals surface area (Å²) in [4.78, 5) is 39.4. The summed E-state index contributed by atoms with van der Waals surface area (Å²) < 4.78 is 30.2. The zero-order valence-electron chi connectivity index (χ0n) is 17.1. The smallest absolute Gasteiger partial charge is 0.332 e. The van der Waals surface area contributed by atoms with Gasteiger partial charge in [-0.1, -0.05) is 12.1 Å². The summed E-state index contributed by atoms with van der Waals surface area (Å²) in [6, 6.07) is 5.72. The van der Waals surface area contributed by atoms with Crippen molar-refractivity contribution in [3.63, 3.8) is 0 Å². The third-order valence-electron chi connectivity index (χ3n) is 7.12. The molecule has 3 aliphatic rings. The first-order valence-corrected chi connectivity index (χ1v) is 10.7. The highest BCUT2D eigenvalue weighted by atomic mass is 19.1. The average molecular weight is 430 g/mol. The zero-order valence-corrected chi connectivity index (χ0v) is 17.1. The molecule has 2 fully saturated rings. The lowest BCUT2D eigenvalue weighted by Gasteiger charge is -2.43. The van der Waals surface area contributed by atoms with E-state index in [9.17, 15) is 23.2 Å². The van der Waals surface area contributed by atoms with Gasteiger partial charge < -0.3 is 4.90 Å². The average Bonchev–Trinajstić information content (AvgIpc) is 3.09. The molecule has 0 atom stereocenters. The molecule has 1 aliphatic carbocycles. The minimum Gasteiger partial charge on any atom is -0.340 e. The van der Waals surface area contributed by atoms with Crippen LogP contribution in [0, 0.1) is 11.2 Å². The van der Waals surface area contributed by atoms with Crippen molar-refractivity contribution < 1.29 is 13.6 Å². The maximum absolute atomic E-state index is 14.5. The maximum Gasteiger partial charge on any atom is 0.332 e. The highest BCUT2D eigenvalue weighted by Gasteiger charge is 2.49. The van der Waals surface area contributed by atoms with Gasteiger partial charge in [-0.15, -0.1) is 0 Å². The molecular formula is C22H24F2N4O3. The van der Waals surface area contributed by atoms with Gasteiger partial charge in [0.05, 0.1) is 6.54 Å². The van der Waals surface area contributed by atoms with E-state index in [1.165, 1.54) is 16.7 Å². The van der Waals surface area contributed by atoms with Crippen LogP contribution in [-0.4, -0.2) is 43.9 Å². The van der Waals surface area contributed by atoms with Gasteiger partial charge in [0.15, 0.2) is 5.67 Å². The molecule has 31 heavy (non-hydrogen) atoms. The standard InChI is InChI=1S/C22H24F2N4O3/c23-16-4-2-15(3-5-16)13-28-19(30)18(29)27-14-21(12-17(27)25-28)8-10-26(11-9-21)20(31)22(24)6-1-7-22/h2-5H,1,6-14H2. The van der Waals surface area contributed by atoms with Crippen LogP contribution in [0.2, 0.25) is 0 Å². The van der Waals surface area contributed by atoms with E-state index in [0.717, 1.165) is 11.1 Å². The second-order valence-electron chi connectivity index (χ2n) is 9.18. The first kappa shape index (κ1) is 20.1. The fourth-order valence-electron chi connectivity index (χ4n) is 4.98. The Labute approximate surface area is 177 Å². The minimum absolute atomic E-state index is 0.0933. The molecule has 1 aromatic carbocycles. The van der Waals surface area contributed by atoms with Gasteiger partial charge in [0.2, 0.25) is 0 Å². The fourth-order valence-corrected chi connectivity index (χ4v) is 4.98. The lowest BCUT2D eigenvalue weighted by atomic mass is 9.75. The molecular weight excluding hydrogens is 406 g/mol. The molecule has 1 saturated heterocycles. The Hall–Kier alpha value is -2.84. The van der Waals surface area contributed by atoms with Crippen LogP contribution in [0.5, 0.6) is 0 Å². The Bertz CT molecular complexity index is 1140. The number of alkyl halides is 1. The summed E-state index contributed by atoms with van der Waals surface area (Å²) in [5.74, 6) is -0.230. The molecule has 1 spiro atoms. The van der Waals surface area contributed by atoms with E-state index in [4.69, 9.17) is 0 Å². The number of amides is 1. The molecule has 3 heterocycles. The van der Waals surface area contributed by atoms with Crippen molar-refractivity contribution in [1.82, 2.24) is 19.2 Å². The van der Waals surface area contributed by atoms with E-state index in [1.807, 2.05) is 0 Å². The summed E-state index contributed by atoms with van der Waals surface area (Å²) >= 11 is 0. The third kappa shape index (κ3) is 3.40. The van der Waals surface area contributed by atoms with Crippen LogP contribution in [0.25, 0.3) is 0 Å². The normalized spacial score (nSPS) is 21.0. The van der Waals surface area contributed by atoms with Crippen LogP contribution in [0.15, 0.2) is 33.9 Å². The van der Waals surface area contributed by atoms with E-state index in [-0.39, 0.29) is 17.8 Å². The van der Waals surface area contributed by atoms with Gasteiger partial charge >= 0.3 is 11.1 Å². The van der Waals surface area contributed by atoms with Gasteiger partial charge in [-0.2, -0.15) is 5.10 Å². The van der Waals surface area contributed by atoms with Gasteiger partial charge in [0, 0.05) is 26.1 Å². The van der Waals surface area contributed by atoms with Crippen LogP contribution >= 0.6 is 0 Å². The highest BCUT2D eigenvalue weighted by Crippen LogP contribution is 2.42. The Morgan fingerprint density at radius 1 is 1.03 bits per heavy atom. The third-order valence-corrected chi connectivity index (χ3v) is 7.12. The van der Waals surface area contributed by atoms with Crippen LogP contribution in [0.3, 0.4) is 0 Å². The second kappa shape index (κ2) is 7.10. The number of rotatable bonds is 3. The monoisotopic (exact) mass is 430 g/mol. The number of carbonyl (C=O) groups is 1. The molecule has 0 radical (unpaired) electrons. The summed E-state index contributed by atoms with van der Waals surface area (Å²) in [7, 11) is 0. The number of benzene rings is 1. The summed E-state index contributed by atoms with van der Waals surface area (Å²) in [5.41, 5.74) is -2.58. The van der Waals surface area contributed by atoms with E-state index >= 15 is 0 Å². The van der Waals surface area contributed by atoms with Gasteiger partial charge in [-0.25, -0.2) is 13.5 Å². The van der Waals surface area contributed by atoms with Crippen molar-refractivity contribution in [3.8, 4) is 0 Å². The number of carbonyl (C=O) groups excluding carboxylic acids is 1. The predicted molar refractivity (Wildman–Crippen MR) is 108 cm³/mol. The molecule has 0 N–H and O–H groups in total. The van der Waals surface area contributed by atoms with Crippen molar-refractivity contribution in [1.29, 1.82) is 0 Å².